The van der Waals surface area contributed by atoms with Crippen LogP contribution in [0.25, 0.3) is 0 Å². The summed E-state index contributed by atoms with van der Waals surface area (Å²) in [7, 11) is 1.60. The molecule has 0 saturated carbocycles. The molecular formula is C21H19N5O3. The molecule has 0 radical (unpaired) electrons. The number of nitriles is 1. The molecule has 3 aromatic rings. The molecule has 0 aliphatic rings. The predicted molar refractivity (Wildman–Crippen MR) is 107 cm³/mol. The van der Waals surface area contributed by atoms with E-state index in [1.54, 1.807) is 55.6 Å². The molecule has 3 rings (SSSR count). The van der Waals surface area contributed by atoms with E-state index in [-0.39, 0.29) is 5.91 Å². The molecule has 2 N–H and O–H groups in total. The molecule has 2 aromatic carbocycles. The summed E-state index contributed by atoms with van der Waals surface area (Å²) in [6.07, 6.45) is 2.87. The van der Waals surface area contributed by atoms with Crippen LogP contribution in [0.1, 0.15) is 15.9 Å². The second kappa shape index (κ2) is 9.71. The van der Waals surface area contributed by atoms with E-state index in [1.807, 2.05) is 0 Å². The summed E-state index contributed by atoms with van der Waals surface area (Å²) in [4.78, 5) is 20.4. The first-order valence-corrected chi connectivity index (χ1v) is 8.82. The largest absolute Gasteiger partial charge is 0.497 e. The van der Waals surface area contributed by atoms with Crippen LogP contribution in [0.3, 0.4) is 0 Å². The van der Waals surface area contributed by atoms with Crippen LogP contribution in [0.15, 0.2) is 60.9 Å². The number of hydrogen-bond acceptors (Lipinski definition) is 7. The highest BCUT2D eigenvalue weighted by Gasteiger charge is 2.07. The Morgan fingerprint density at radius 3 is 2.52 bits per heavy atom. The van der Waals surface area contributed by atoms with Crippen molar-refractivity contribution in [3.8, 4) is 17.6 Å². The molecule has 8 nitrogen and oxygen atoms in total. The Kier molecular flexibility index (Phi) is 6.58. The van der Waals surface area contributed by atoms with Crippen LogP contribution < -0.4 is 20.1 Å². The first-order chi connectivity index (χ1) is 14.2. The Bertz CT molecular complexity index is 998. The van der Waals surface area contributed by atoms with Gasteiger partial charge in [0.05, 0.1) is 30.9 Å². The van der Waals surface area contributed by atoms with Crippen molar-refractivity contribution in [2.75, 3.05) is 25.6 Å². The molecule has 0 saturated heterocycles. The number of anilines is 2. The topological polar surface area (TPSA) is 109 Å². The molecule has 0 aliphatic carbocycles. The second-order valence-electron chi connectivity index (χ2n) is 5.89. The van der Waals surface area contributed by atoms with Crippen molar-refractivity contribution in [3.63, 3.8) is 0 Å². The highest BCUT2D eigenvalue weighted by Crippen LogP contribution is 2.17. The summed E-state index contributed by atoms with van der Waals surface area (Å²) in [6.45, 7) is 0.666. The molecule has 0 spiro atoms. The first kappa shape index (κ1) is 19.6. The van der Waals surface area contributed by atoms with E-state index in [0.29, 0.717) is 41.7 Å². The Hall–Kier alpha value is -4.12. The van der Waals surface area contributed by atoms with Crippen molar-refractivity contribution in [3.05, 3.63) is 72.1 Å². The Labute approximate surface area is 168 Å². The van der Waals surface area contributed by atoms with E-state index < -0.39 is 0 Å². The van der Waals surface area contributed by atoms with Gasteiger partial charge in [-0.05, 0) is 42.5 Å². The standard InChI is InChI=1S/C21H19N5O3/c1-28-18-5-7-19(8-6-18)29-10-9-23-20(27)16-13-24-21(25-14-16)26-17-4-2-3-15(11-17)12-22/h2-8,11,13-14H,9-10H2,1H3,(H,23,27)(H,24,25,26). The van der Waals surface area contributed by atoms with E-state index in [2.05, 4.69) is 26.7 Å². The maximum Gasteiger partial charge on any atom is 0.254 e. The average Bonchev–Trinajstić information content (AvgIpc) is 2.77. The van der Waals surface area contributed by atoms with Crippen LogP contribution in [-0.2, 0) is 0 Å². The third kappa shape index (κ3) is 5.68. The highest BCUT2D eigenvalue weighted by atomic mass is 16.5. The molecule has 0 fully saturated rings. The summed E-state index contributed by atoms with van der Waals surface area (Å²) < 4.78 is 10.6. The summed E-state index contributed by atoms with van der Waals surface area (Å²) in [6, 6.07) is 16.2. The number of amides is 1. The van der Waals surface area contributed by atoms with Gasteiger partial charge in [-0.1, -0.05) is 6.07 Å². The predicted octanol–water partition coefficient (Wildman–Crippen LogP) is 2.91. The monoisotopic (exact) mass is 389 g/mol. The number of carbonyl (C=O) groups is 1. The van der Waals surface area contributed by atoms with Crippen LogP contribution in [0.5, 0.6) is 11.5 Å². The maximum atomic E-state index is 12.2. The second-order valence-corrected chi connectivity index (χ2v) is 5.89. The number of methoxy groups -OCH3 is 1. The number of ether oxygens (including phenoxy) is 2. The lowest BCUT2D eigenvalue weighted by Gasteiger charge is -2.09. The highest BCUT2D eigenvalue weighted by molar-refractivity contribution is 5.93. The van der Waals surface area contributed by atoms with Gasteiger partial charge < -0.3 is 20.1 Å². The zero-order valence-corrected chi connectivity index (χ0v) is 15.8. The van der Waals surface area contributed by atoms with Crippen molar-refractivity contribution in [1.29, 1.82) is 5.26 Å². The van der Waals surface area contributed by atoms with E-state index >= 15 is 0 Å². The molecule has 0 aliphatic heterocycles. The fraction of sp³-hybridized carbons (Fsp3) is 0.143. The maximum absolute atomic E-state index is 12.2. The van der Waals surface area contributed by atoms with Gasteiger partial charge in [0.15, 0.2) is 0 Å². The zero-order valence-electron chi connectivity index (χ0n) is 15.8. The van der Waals surface area contributed by atoms with Gasteiger partial charge in [-0.2, -0.15) is 5.26 Å². The van der Waals surface area contributed by atoms with Crippen LogP contribution in [-0.4, -0.2) is 36.1 Å². The average molecular weight is 389 g/mol. The lowest BCUT2D eigenvalue weighted by molar-refractivity contribution is 0.0946. The van der Waals surface area contributed by atoms with E-state index in [1.165, 1.54) is 12.4 Å². The smallest absolute Gasteiger partial charge is 0.254 e. The van der Waals surface area contributed by atoms with Gasteiger partial charge in [-0.25, -0.2) is 9.97 Å². The lowest BCUT2D eigenvalue weighted by Crippen LogP contribution is -2.28. The lowest BCUT2D eigenvalue weighted by atomic mass is 10.2. The quantitative estimate of drug-likeness (QED) is 0.570. The zero-order chi connectivity index (χ0) is 20.5. The van der Waals surface area contributed by atoms with E-state index in [4.69, 9.17) is 14.7 Å². The molecule has 1 amide bonds. The third-order valence-corrected chi connectivity index (χ3v) is 3.88. The van der Waals surface area contributed by atoms with Gasteiger partial charge in [-0.3, -0.25) is 4.79 Å². The number of rotatable bonds is 8. The Morgan fingerprint density at radius 2 is 1.83 bits per heavy atom. The van der Waals surface area contributed by atoms with Gasteiger partial charge >= 0.3 is 0 Å². The van der Waals surface area contributed by atoms with E-state index in [9.17, 15) is 4.79 Å². The number of aromatic nitrogens is 2. The number of benzene rings is 2. The molecule has 1 heterocycles. The van der Waals surface area contributed by atoms with Gasteiger partial charge in [0.1, 0.15) is 18.1 Å². The van der Waals surface area contributed by atoms with Gasteiger partial charge in [0.2, 0.25) is 5.95 Å². The summed E-state index contributed by atoms with van der Waals surface area (Å²) in [5.74, 6) is 1.49. The minimum absolute atomic E-state index is 0.290. The van der Waals surface area contributed by atoms with Crippen LogP contribution in [0.4, 0.5) is 11.6 Å². The molecular weight excluding hydrogens is 370 g/mol. The van der Waals surface area contributed by atoms with Gasteiger partial charge in [0, 0.05) is 18.1 Å². The molecule has 0 bridgehead atoms. The Morgan fingerprint density at radius 1 is 1.10 bits per heavy atom. The number of nitrogens with zero attached hydrogens (tertiary/aromatic N) is 3. The minimum Gasteiger partial charge on any atom is -0.497 e. The van der Waals surface area contributed by atoms with Crippen LogP contribution in [0, 0.1) is 11.3 Å². The van der Waals surface area contributed by atoms with E-state index in [0.717, 1.165) is 5.75 Å². The molecule has 0 atom stereocenters. The summed E-state index contributed by atoms with van der Waals surface area (Å²) in [5.41, 5.74) is 1.56. The Balaban J connectivity index is 1.46. The number of nitrogens with one attached hydrogen (secondary N) is 2. The van der Waals surface area contributed by atoms with Crippen molar-refractivity contribution in [2.24, 2.45) is 0 Å². The van der Waals surface area contributed by atoms with Crippen molar-refractivity contribution < 1.29 is 14.3 Å². The van der Waals surface area contributed by atoms with Crippen molar-refractivity contribution in [1.82, 2.24) is 15.3 Å². The normalized spacial score (nSPS) is 9.93. The van der Waals surface area contributed by atoms with Crippen LogP contribution >= 0.6 is 0 Å². The molecule has 29 heavy (non-hydrogen) atoms. The van der Waals surface area contributed by atoms with Crippen molar-refractivity contribution >= 4 is 17.5 Å². The van der Waals surface area contributed by atoms with Crippen molar-refractivity contribution in [2.45, 2.75) is 0 Å². The fourth-order valence-corrected chi connectivity index (χ4v) is 2.41. The first-order valence-electron chi connectivity index (χ1n) is 8.82. The molecule has 1 aromatic heterocycles. The summed E-state index contributed by atoms with van der Waals surface area (Å²) >= 11 is 0. The molecule has 8 heteroatoms. The minimum atomic E-state index is -0.290. The SMILES string of the molecule is COc1ccc(OCCNC(=O)c2cnc(Nc3cccc(C#N)c3)nc2)cc1. The fourth-order valence-electron chi connectivity index (χ4n) is 2.41. The number of carbonyl (C=O) groups excluding carboxylic acids is 1. The summed E-state index contributed by atoms with van der Waals surface area (Å²) in [5, 5.41) is 14.7. The molecule has 146 valence electrons. The third-order valence-electron chi connectivity index (χ3n) is 3.88. The van der Waals surface area contributed by atoms with Crippen LogP contribution in [0.2, 0.25) is 0 Å². The van der Waals surface area contributed by atoms with Gasteiger partial charge in [0.25, 0.3) is 5.91 Å². The number of hydrogen-bond donors (Lipinski definition) is 2. The molecule has 0 unspecified atom stereocenters. The van der Waals surface area contributed by atoms with Gasteiger partial charge in [-0.15, -0.1) is 0 Å².